The van der Waals surface area contributed by atoms with E-state index < -0.39 is 11.5 Å². The Hall–Kier alpha value is -2.77. The molecule has 3 unspecified atom stereocenters. The summed E-state index contributed by atoms with van der Waals surface area (Å²) >= 11 is 0. The lowest BCUT2D eigenvalue weighted by molar-refractivity contribution is -0.152. The zero-order valence-corrected chi connectivity index (χ0v) is 19.4. The third-order valence-electron chi connectivity index (χ3n) is 6.41. The largest absolute Gasteiger partial charge is 0.469 e. The maximum atomic E-state index is 12.0. The molecule has 0 spiro atoms. The standard InChI is InChI=1S/C24H35N3O5/c1-24(2,3)32-23(30)27-17-11-7-15(8-12-17)14-5-9-16(10-6-14)26-20-18(21(25)28)13-19(20)22(29)31-4/h5-6,9-10,15,17-20,26H,7-8,11-13H2,1-4H3,(H2,25,28)(H,27,30). The van der Waals surface area contributed by atoms with Crippen LogP contribution in [0.4, 0.5) is 10.5 Å². The Labute approximate surface area is 189 Å². The molecule has 8 nitrogen and oxygen atoms in total. The molecule has 176 valence electrons. The number of methoxy groups -OCH3 is 1. The molecule has 2 aliphatic carbocycles. The molecule has 2 aliphatic rings. The predicted octanol–water partition coefficient (Wildman–Crippen LogP) is 3.31. The molecule has 1 aromatic carbocycles. The number of esters is 1. The molecule has 0 bridgehead atoms. The number of primary amides is 1. The molecule has 0 saturated heterocycles. The lowest BCUT2D eigenvalue weighted by Gasteiger charge is -2.42. The first-order valence-corrected chi connectivity index (χ1v) is 11.3. The molecule has 3 atom stereocenters. The molecule has 1 aromatic rings. The van der Waals surface area contributed by atoms with Gasteiger partial charge in [0, 0.05) is 11.7 Å². The Balaban J connectivity index is 1.52. The number of carbonyl (C=O) groups is 3. The average Bonchev–Trinajstić information content (AvgIpc) is 2.70. The normalized spacial score (nSPS) is 27.6. The van der Waals surface area contributed by atoms with Crippen molar-refractivity contribution in [2.45, 2.75) is 76.5 Å². The van der Waals surface area contributed by atoms with Crippen molar-refractivity contribution in [2.75, 3.05) is 12.4 Å². The summed E-state index contributed by atoms with van der Waals surface area (Å²) in [5, 5.41) is 6.26. The fraction of sp³-hybridized carbons (Fsp3) is 0.625. The van der Waals surface area contributed by atoms with Crippen LogP contribution in [0.15, 0.2) is 24.3 Å². The van der Waals surface area contributed by atoms with Crippen molar-refractivity contribution in [3.8, 4) is 0 Å². The first-order valence-electron chi connectivity index (χ1n) is 11.3. The van der Waals surface area contributed by atoms with Crippen molar-refractivity contribution in [2.24, 2.45) is 17.6 Å². The number of hydrogen-bond acceptors (Lipinski definition) is 6. The maximum absolute atomic E-state index is 12.0. The van der Waals surface area contributed by atoms with Gasteiger partial charge in [-0.1, -0.05) is 12.1 Å². The number of anilines is 1. The zero-order valence-electron chi connectivity index (χ0n) is 19.4. The minimum Gasteiger partial charge on any atom is -0.469 e. The van der Waals surface area contributed by atoms with Gasteiger partial charge in [-0.15, -0.1) is 0 Å². The number of nitrogens with one attached hydrogen (secondary N) is 2. The van der Waals surface area contributed by atoms with Crippen LogP contribution in [0.25, 0.3) is 0 Å². The van der Waals surface area contributed by atoms with Crippen molar-refractivity contribution in [1.29, 1.82) is 0 Å². The Morgan fingerprint density at radius 2 is 1.62 bits per heavy atom. The summed E-state index contributed by atoms with van der Waals surface area (Å²) in [7, 11) is 1.35. The first-order chi connectivity index (χ1) is 15.1. The Bertz CT molecular complexity index is 825. The molecular formula is C24H35N3O5. The summed E-state index contributed by atoms with van der Waals surface area (Å²) in [6.07, 6.45) is 3.86. The molecule has 2 amide bonds. The highest BCUT2D eigenvalue weighted by molar-refractivity contribution is 5.85. The maximum Gasteiger partial charge on any atom is 0.407 e. The molecule has 0 heterocycles. The molecule has 2 fully saturated rings. The molecular weight excluding hydrogens is 410 g/mol. The monoisotopic (exact) mass is 445 g/mol. The van der Waals surface area contributed by atoms with E-state index in [9.17, 15) is 14.4 Å². The molecule has 32 heavy (non-hydrogen) atoms. The van der Waals surface area contributed by atoms with Crippen LogP contribution in [0.5, 0.6) is 0 Å². The van der Waals surface area contributed by atoms with Crippen LogP contribution in [0.1, 0.15) is 64.4 Å². The van der Waals surface area contributed by atoms with Crippen LogP contribution in [-0.4, -0.2) is 42.8 Å². The average molecular weight is 446 g/mol. The number of benzene rings is 1. The van der Waals surface area contributed by atoms with Crippen LogP contribution >= 0.6 is 0 Å². The Morgan fingerprint density at radius 1 is 1.00 bits per heavy atom. The van der Waals surface area contributed by atoms with Crippen molar-refractivity contribution >= 4 is 23.7 Å². The fourth-order valence-electron chi connectivity index (χ4n) is 4.63. The smallest absolute Gasteiger partial charge is 0.407 e. The zero-order chi connectivity index (χ0) is 23.5. The molecule has 0 radical (unpaired) electrons. The third-order valence-corrected chi connectivity index (χ3v) is 6.41. The van der Waals surface area contributed by atoms with E-state index in [-0.39, 0.29) is 36.0 Å². The lowest BCUT2D eigenvalue weighted by atomic mass is 9.69. The molecule has 0 aliphatic heterocycles. The van der Waals surface area contributed by atoms with E-state index >= 15 is 0 Å². The van der Waals surface area contributed by atoms with Gasteiger partial charge in [0.15, 0.2) is 0 Å². The van der Waals surface area contributed by atoms with Gasteiger partial charge in [0.05, 0.1) is 25.0 Å². The summed E-state index contributed by atoms with van der Waals surface area (Å²) in [5.74, 6) is -1.05. The Kier molecular flexibility index (Phi) is 7.31. The van der Waals surface area contributed by atoms with Crippen molar-refractivity contribution < 1.29 is 23.9 Å². The van der Waals surface area contributed by atoms with E-state index in [1.165, 1.54) is 12.7 Å². The number of nitrogens with two attached hydrogens (primary N) is 1. The minimum absolute atomic E-state index is 0.140. The summed E-state index contributed by atoms with van der Waals surface area (Å²) in [6, 6.07) is 7.91. The van der Waals surface area contributed by atoms with E-state index in [2.05, 4.69) is 22.8 Å². The second-order valence-electron chi connectivity index (χ2n) is 9.86. The van der Waals surface area contributed by atoms with E-state index in [4.69, 9.17) is 15.2 Å². The van der Waals surface area contributed by atoms with Gasteiger partial charge in [-0.2, -0.15) is 0 Å². The number of carbonyl (C=O) groups excluding carboxylic acids is 3. The molecule has 2 saturated carbocycles. The molecule has 0 aromatic heterocycles. The van der Waals surface area contributed by atoms with Gasteiger partial charge in [0.2, 0.25) is 5.91 Å². The number of hydrogen-bond donors (Lipinski definition) is 3. The van der Waals surface area contributed by atoms with Gasteiger partial charge in [-0.05, 0) is 76.5 Å². The van der Waals surface area contributed by atoms with Crippen LogP contribution < -0.4 is 16.4 Å². The number of rotatable bonds is 6. The number of amides is 2. The summed E-state index contributed by atoms with van der Waals surface area (Å²) in [5.41, 5.74) is 7.07. The molecule has 3 rings (SSSR count). The van der Waals surface area contributed by atoms with Gasteiger partial charge in [0.1, 0.15) is 5.60 Å². The van der Waals surface area contributed by atoms with Crippen LogP contribution in [0, 0.1) is 11.8 Å². The van der Waals surface area contributed by atoms with E-state index in [0.717, 1.165) is 31.4 Å². The second-order valence-corrected chi connectivity index (χ2v) is 9.86. The first kappa shape index (κ1) is 23.9. The third kappa shape index (κ3) is 5.93. The highest BCUT2D eigenvalue weighted by Gasteiger charge is 2.48. The summed E-state index contributed by atoms with van der Waals surface area (Å²) in [6.45, 7) is 5.57. The topological polar surface area (TPSA) is 120 Å². The van der Waals surface area contributed by atoms with Crippen molar-refractivity contribution in [3.05, 3.63) is 29.8 Å². The number of ether oxygens (including phenoxy) is 2. The SMILES string of the molecule is COC(=O)C1CC(C(N)=O)C1Nc1ccc(C2CCC(NC(=O)OC(C)(C)C)CC2)cc1. The van der Waals surface area contributed by atoms with Gasteiger partial charge in [0.25, 0.3) is 0 Å². The number of alkyl carbamates (subject to hydrolysis) is 1. The second kappa shape index (κ2) is 9.79. The Morgan fingerprint density at radius 3 is 2.16 bits per heavy atom. The minimum atomic E-state index is -0.495. The van der Waals surface area contributed by atoms with Gasteiger partial charge < -0.3 is 25.8 Å². The highest BCUT2D eigenvalue weighted by atomic mass is 16.6. The molecule has 8 heteroatoms. The fourth-order valence-corrected chi connectivity index (χ4v) is 4.63. The quantitative estimate of drug-likeness (QED) is 0.578. The van der Waals surface area contributed by atoms with Crippen molar-refractivity contribution in [1.82, 2.24) is 5.32 Å². The predicted molar refractivity (Wildman–Crippen MR) is 121 cm³/mol. The van der Waals surface area contributed by atoms with Gasteiger partial charge >= 0.3 is 12.1 Å². The van der Waals surface area contributed by atoms with Crippen LogP contribution in [-0.2, 0) is 19.1 Å². The summed E-state index contributed by atoms with van der Waals surface area (Å²) < 4.78 is 10.2. The van der Waals surface area contributed by atoms with Gasteiger partial charge in [-0.3, -0.25) is 9.59 Å². The van der Waals surface area contributed by atoms with E-state index in [0.29, 0.717) is 12.3 Å². The molecule has 4 N–H and O–H groups in total. The van der Waals surface area contributed by atoms with E-state index in [1.807, 2.05) is 32.9 Å². The van der Waals surface area contributed by atoms with Crippen LogP contribution in [0.2, 0.25) is 0 Å². The van der Waals surface area contributed by atoms with Crippen LogP contribution in [0.3, 0.4) is 0 Å². The highest BCUT2D eigenvalue weighted by Crippen LogP contribution is 2.38. The summed E-state index contributed by atoms with van der Waals surface area (Å²) in [4.78, 5) is 35.6. The lowest BCUT2D eigenvalue weighted by Crippen LogP contribution is -2.56. The van der Waals surface area contributed by atoms with Crippen molar-refractivity contribution in [3.63, 3.8) is 0 Å². The van der Waals surface area contributed by atoms with Gasteiger partial charge in [-0.25, -0.2) is 4.79 Å². The van der Waals surface area contributed by atoms with E-state index in [1.54, 1.807) is 0 Å².